The average Bonchev–Trinajstić information content (AvgIpc) is 2.37. The van der Waals surface area contributed by atoms with Gasteiger partial charge in [0.25, 0.3) is 5.91 Å². The van der Waals surface area contributed by atoms with Crippen LogP contribution in [0.15, 0.2) is 24.3 Å². The molecule has 0 radical (unpaired) electrons. The zero-order valence-electron chi connectivity index (χ0n) is 12.6. The number of nitrogens with one attached hydrogen (secondary N) is 2. The third kappa shape index (κ3) is 4.26. The Bertz CT molecular complexity index is 492. The molecule has 1 unspecified atom stereocenters. The monoisotopic (exact) mass is 278 g/mol. The summed E-state index contributed by atoms with van der Waals surface area (Å²) in [5.41, 5.74) is 0.924. The van der Waals surface area contributed by atoms with Crippen LogP contribution in [0.1, 0.15) is 33.3 Å². The Kier molecular flexibility index (Phi) is 5.13. The number of carbonyl (C=O) groups is 2. The van der Waals surface area contributed by atoms with Gasteiger partial charge in [-0.1, -0.05) is 39.0 Å². The van der Waals surface area contributed by atoms with E-state index in [1.807, 2.05) is 24.3 Å². The van der Waals surface area contributed by atoms with E-state index < -0.39 is 18.0 Å². The number of amides is 3. The van der Waals surface area contributed by atoms with Gasteiger partial charge in [-0.2, -0.15) is 0 Å². The lowest BCUT2D eigenvalue weighted by atomic mass is 9.86. The molecule has 5 heteroatoms. The van der Waals surface area contributed by atoms with Crippen LogP contribution in [0.4, 0.5) is 4.79 Å². The van der Waals surface area contributed by atoms with Gasteiger partial charge < -0.3 is 10.1 Å². The maximum atomic E-state index is 11.8. The first-order chi connectivity index (χ1) is 9.25. The van der Waals surface area contributed by atoms with Gasteiger partial charge in [-0.15, -0.1) is 0 Å². The van der Waals surface area contributed by atoms with Gasteiger partial charge in [0.05, 0.1) is 0 Å². The Labute approximate surface area is 119 Å². The predicted octanol–water partition coefficient (Wildman–Crippen LogP) is 2.21. The molecule has 0 aliphatic heterocycles. The molecule has 110 valence electrons. The van der Waals surface area contributed by atoms with E-state index in [0.29, 0.717) is 5.75 Å². The van der Waals surface area contributed by atoms with E-state index in [1.165, 1.54) is 7.05 Å². The Morgan fingerprint density at radius 3 is 2.35 bits per heavy atom. The first-order valence-corrected chi connectivity index (χ1v) is 6.54. The molecule has 1 atom stereocenters. The van der Waals surface area contributed by atoms with Crippen molar-refractivity contribution in [1.82, 2.24) is 10.6 Å². The number of benzene rings is 1. The molecule has 1 rings (SSSR count). The number of hydrogen-bond acceptors (Lipinski definition) is 3. The Morgan fingerprint density at radius 2 is 1.80 bits per heavy atom. The van der Waals surface area contributed by atoms with Crippen LogP contribution in [0.5, 0.6) is 5.75 Å². The van der Waals surface area contributed by atoms with Crippen molar-refractivity contribution >= 4 is 11.9 Å². The van der Waals surface area contributed by atoms with E-state index in [0.717, 1.165) is 5.56 Å². The Morgan fingerprint density at radius 1 is 1.20 bits per heavy atom. The molecule has 0 aliphatic rings. The van der Waals surface area contributed by atoms with Crippen LogP contribution in [-0.2, 0) is 10.2 Å². The van der Waals surface area contributed by atoms with Crippen molar-refractivity contribution < 1.29 is 14.3 Å². The maximum absolute atomic E-state index is 11.8. The van der Waals surface area contributed by atoms with Gasteiger partial charge >= 0.3 is 6.03 Å². The minimum Gasteiger partial charge on any atom is -0.481 e. The molecular weight excluding hydrogens is 256 g/mol. The SMILES string of the molecule is CNC(=O)NC(=O)C(C)Oc1ccccc1C(C)(C)C. The molecule has 0 heterocycles. The quantitative estimate of drug-likeness (QED) is 0.890. The molecule has 0 saturated carbocycles. The van der Waals surface area contributed by atoms with Crippen LogP contribution in [0, 0.1) is 0 Å². The minimum absolute atomic E-state index is 0.0897. The molecular formula is C15H22N2O3. The molecule has 1 aromatic rings. The standard InChI is InChI=1S/C15H22N2O3/c1-10(13(18)17-14(19)16-5)20-12-9-7-6-8-11(12)15(2,3)4/h6-10H,1-5H3,(H2,16,17,18,19). The number of rotatable bonds is 3. The number of hydrogen-bond donors (Lipinski definition) is 2. The van der Waals surface area contributed by atoms with E-state index >= 15 is 0 Å². The highest BCUT2D eigenvalue weighted by atomic mass is 16.5. The number of ether oxygens (including phenoxy) is 1. The molecule has 0 aliphatic carbocycles. The van der Waals surface area contributed by atoms with Gasteiger partial charge in [-0.05, 0) is 24.0 Å². The molecule has 3 amide bonds. The predicted molar refractivity (Wildman–Crippen MR) is 77.8 cm³/mol. The second kappa shape index (κ2) is 6.41. The molecule has 0 bridgehead atoms. The summed E-state index contributed by atoms with van der Waals surface area (Å²) in [5, 5.41) is 4.52. The third-order valence-corrected chi connectivity index (χ3v) is 2.83. The van der Waals surface area contributed by atoms with Crippen LogP contribution in [0.2, 0.25) is 0 Å². The van der Waals surface area contributed by atoms with Crippen molar-refractivity contribution in [2.45, 2.75) is 39.2 Å². The topological polar surface area (TPSA) is 67.4 Å². The van der Waals surface area contributed by atoms with E-state index in [-0.39, 0.29) is 5.41 Å². The van der Waals surface area contributed by atoms with Crippen LogP contribution < -0.4 is 15.4 Å². The zero-order valence-corrected chi connectivity index (χ0v) is 12.6. The highest BCUT2D eigenvalue weighted by Crippen LogP contribution is 2.31. The summed E-state index contributed by atoms with van der Waals surface area (Å²) < 4.78 is 5.69. The number of imide groups is 1. The van der Waals surface area contributed by atoms with Crippen molar-refractivity contribution in [3.8, 4) is 5.75 Å². The molecule has 0 fully saturated rings. The molecule has 1 aromatic carbocycles. The highest BCUT2D eigenvalue weighted by molar-refractivity contribution is 5.96. The lowest BCUT2D eigenvalue weighted by molar-refractivity contribution is -0.126. The lowest BCUT2D eigenvalue weighted by Gasteiger charge is -2.24. The fraction of sp³-hybridized carbons (Fsp3) is 0.467. The normalized spacial score (nSPS) is 12.4. The van der Waals surface area contributed by atoms with Crippen LogP contribution in [0.3, 0.4) is 0 Å². The average molecular weight is 278 g/mol. The fourth-order valence-corrected chi connectivity index (χ4v) is 1.71. The smallest absolute Gasteiger partial charge is 0.321 e. The van der Waals surface area contributed by atoms with E-state index in [1.54, 1.807) is 6.92 Å². The van der Waals surface area contributed by atoms with Gasteiger partial charge in [0.1, 0.15) is 5.75 Å². The van der Waals surface area contributed by atoms with Crippen molar-refractivity contribution in [3.05, 3.63) is 29.8 Å². The van der Waals surface area contributed by atoms with E-state index in [2.05, 4.69) is 31.4 Å². The van der Waals surface area contributed by atoms with Crippen LogP contribution in [0.25, 0.3) is 0 Å². The van der Waals surface area contributed by atoms with E-state index in [4.69, 9.17) is 4.74 Å². The summed E-state index contributed by atoms with van der Waals surface area (Å²) in [5.74, 6) is 0.174. The maximum Gasteiger partial charge on any atom is 0.321 e. The summed E-state index contributed by atoms with van der Waals surface area (Å²) in [6.45, 7) is 7.83. The van der Waals surface area contributed by atoms with Gasteiger partial charge in [-0.25, -0.2) is 4.79 Å². The van der Waals surface area contributed by atoms with Crippen molar-refractivity contribution in [2.75, 3.05) is 7.05 Å². The first-order valence-electron chi connectivity index (χ1n) is 6.54. The molecule has 2 N–H and O–H groups in total. The van der Waals surface area contributed by atoms with Crippen LogP contribution >= 0.6 is 0 Å². The number of para-hydroxylation sites is 1. The number of carbonyl (C=O) groups excluding carboxylic acids is 2. The summed E-state index contributed by atoms with van der Waals surface area (Å²) in [6, 6.07) is 7.04. The first kappa shape index (κ1) is 16.0. The molecule has 20 heavy (non-hydrogen) atoms. The van der Waals surface area contributed by atoms with Gasteiger partial charge in [0, 0.05) is 7.05 Å². The summed E-state index contributed by atoms with van der Waals surface area (Å²) in [6.07, 6.45) is -0.754. The lowest BCUT2D eigenvalue weighted by Crippen LogP contribution is -2.44. The van der Waals surface area contributed by atoms with Gasteiger partial charge in [0.15, 0.2) is 6.10 Å². The van der Waals surface area contributed by atoms with Crippen molar-refractivity contribution in [3.63, 3.8) is 0 Å². The molecule has 5 nitrogen and oxygen atoms in total. The van der Waals surface area contributed by atoms with Crippen LogP contribution in [-0.4, -0.2) is 25.1 Å². The summed E-state index contributed by atoms with van der Waals surface area (Å²) >= 11 is 0. The molecule has 0 aromatic heterocycles. The minimum atomic E-state index is -0.754. The van der Waals surface area contributed by atoms with Gasteiger partial charge in [-0.3, -0.25) is 10.1 Å². The van der Waals surface area contributed by atoms with Crippen molar-refractivity contribution in [1.29, 1.82) is 0 Å². The second-order valence-corrected chi connectivity index (χ2v) is 5.57. The third-order valence-electron chi connectivity index (χ3n) is 2.83. The molecule has 0 spiro atoms. The van der Waals surface area contributed by atoms with E-state index in [9.17, 15) is 9.59 Å². The van der Waals surface area contributed by atoms with Crippen molar-refractivity contribution in [2.24, 2.45) is 0 Å². The number of urea groups is 1. The largest absolute Gasteiger partial charge is 0.481 e. The fourth-order valence-electron chi connectivity index (χ4n) is 1.71. The Hall–Kier alpha value is -2.04. The molecule has 0 saturated heterocycles. The zero-order chi connectivity index (χ0) is 15.3. The highest BCUT2D eigenvalue weighted by Gasteiger charge is 2.22. The summed E-state index contributed by atoms with van der Waals surface area (Å²) in [7, 11) is 1.45. The Balaban J connectivity index is 2.83. The second-order valence-electron chi connectivity index (χ2n) is 5.57. The van der Waals surface area contributed by atoms with Gasteiger partial charge in [0.2, 0.25) is 0 Å². The summed E-state index contributed by atoms with van der Waals surface area (Å²) in [4.78, 5) is 22.9.